The Kier molecular flexibility index (Phi) is 17.6. The van der Waals surface area contributed by atoms with Crippen LogP contribution < -0.4 is 20.4 Å². The van der Waals surface area contributed by atoms with Crippen molar-refractivity contribution in [1.82, 2.24) is 20.4 Å². The van der Waals surface area contributed by atoms with E-state index < -0.39 is 40.2 Å². The summed E-state index contributed by atoms with van der Waals surface area (Å²) >= 11 is 11.8. The van der Waals surface area contributed by atoms with Gasteiger partial charge in [-0.25, -0.2) is 9.59 Å². The molecule has 68 heavy (non-hydrogen) atoms. The normalized spacial score (nSPS) is 17.4. The second-order valence-electron chi connectivity index (χ2n) is 15.7. The molecule has 3 saturated heterocycles. The number of amides is 4. The summed E-state index contributed by atoms with van der Waals surface area (Å²) in [5, 5.41) is 22.2. The quantitative estimate of drug-likeness (QED) is 0.0385. The Bertz CT molecular complexity index is 2610. The summed E-state index contributed by atoms with van der Waals surface area (Å²) in [7, 11) is -3.63. The van der Waals surface area contributed by atoms with E-state index in [0.717, 1.165) is 32.4 Å². The van der Waals surface area contributed by atoms with E-state index in [1.165, 1.54) is 17.0 Å². The number of amidine groups is 2. The molecule has 2 atom stereocenters. The van der Waals surface area contributed by atoms with E-state index in [1.54, 1.807) is 96.8 Å². The summed E-state index contributed by atoms with van der Waals surface area (Å²) in [4.78, 5) is 68.2. The molecule has 360 valence electrons. The number of rotatable bonds is 15. The fourth-order valence-electron chi connectivity index (χ4n) is 7.20. The zero-order valence-corrected chi connectivity index (χ0v) is 39.4. The molecule has 0 radical (unpaired) electrons. The number of piperazine rings is 1. The van der Waals surface area contributed by atoms with E-state index in [4.69, 9.17) is 48.2 Å². The lowest BCUT2D eigenvalue weighted by Crippen LogP contribution is -2.49. The number of esters is 1. The fourth-order valence-corrected chi connectivity index (χ4v) is 7.98. The maximum Gasteiger partial charge on any atom is 0.414 e. The van der Waals surface area contributed by atoms with Gasteiger partial charge in [0.1, 0.15) is 30.5 Å². The second-order valence-corrected chi connectivity index (χ2v) is 18.2. The number of benzene rings is 4. The minimum Gasteiger partial charge on any atom is -0.466 e. The van der Waals surface area contributed by atoms with Gasteiger partial charge in [0, 0.05) is 82.9 Å². The number of nitrogens with zero attached hydrogens (tertiary/aromatic N) is 4. The predicted molar refractivity (Wildman–Crippen MR) is 255 cm³/mol. The minimum absolute atomic E-state index is 0.0511. The minimum atomic E-state index is -3.63. The highest BCUT2D eigenvalue weighted by atomic mass is 35.5. The van der Waals surface area contributed by atoms with Gasteiger partial charge < -0.3 is 29.7 Å². The zero-order chi connectivity index (χ0) is 49.0. The van der Waals surface area contributed by atoms with Gasteiger partial charge in [-0.2, -0.15) is 8.42 Å². The number of anilines is 2. The third-order valence-electron chi connectivity index (χ3n) is 10.7. The number of hydrogen-bond donors (Lipinski definition) is 4. The summed E-state index contributed by atoms with van der Waals surface area (Å²) in [5.41, 5.74) is 2.79. The first-order valence-corrected chi connectivity index (χ1v) is 23.9. The third-order valence-corrected chi connectivity index (χ3v) is 11.7. The lowest BCUT2D eigenvalue weighted by atomic mass is 10.1. The van der Waals surface area contributed by atoms with Gasteiger partial charge >= 0.3 is 18.2 Å². The lowest BCUT2D eigenvalue weighted by molar-refractivity contribution is -0.143. The Morgan fingerprint density at radius 3 is 1.60 bits per heavy atom. The van der Waals surface area contributed by atoms with Crippen LogP contribution in [0.1, 0.15) is 45.2 Å². The zero-order valence-electron chi connectivity index (χ0n) is 37.1. The molecule has 0 aromatic heterocycles. The van der Waals surface area contributed by atoms with Crippen molar-refractivity contribution in [3.05, 3.63) is 129 Å². The van der Waals surface area contributed by atoms with E-state index >= 15 is 0 Å². The number of halogens is 2. The van der Waals surface area contributed by atoms with Crippen LogP contribution >= 0.6 is 23.2 Å². The van der Waals surface area contributed by atoms with Gasteiger partial charge in [-0.3, -0.25) is 44.1 Å². The van der Waals surface area contributed by atoms with Crippen molar-refractivity contribution in [2.45, 2.75) is 25.6 Å². The summed E-state index contributed by atoms with van der Waals surface area (Å²) in [6.07, 6.45) is -0.685. The number of carbonyl (C=O) groups is 5. The maximum atomic E-state index is 12.6. The number of cyclic esters (lactones) is 2. The van der Waals surface area contributed by atoms with Gasteiger partial charge in [0.2, 0.25) is 0 Å². The number of ether oxygens (including phenoxy) is 3. The van der Waals surface area contributed by atoms with Crippen molar-refractivity contribution < 1.29 is 50.8 Å². The Morgan fingerprint density at radius 2 is 1.15 bits per heavy atom. The molecule has 0 spiro atoms. The van der Waals surface area contributed by atoms with Crippen LogP contribution in [-0.4, -0.2) is 144 Å². The van der Waals surface area contributed by atoms with Crippen molar-refractivity contribution in [2.24, 2.45) is 0 Å². The Hall–Kier alpha value is -6.42. The highest BCUT2D eigenvalue weighted by Gasteiger charge is 2.35. The van der Waals surface area contributed by atoms with Crippen LogP contribution in [0.15, 0.2) is 97.1 Å². The molecule has 0 bridgehead atoms. The molecule has 0 aliphatic carbocycles. The number of nitrogens with one attached hydrogen (secondary N) is 4. The molecule has 4 aromatic rings. The molecule has 3 fully saturated rings. The number of hydrogen-bond acceptors (Lipinski definition) is 15. The first-order valence-electron chi connectivity index (χ1n) is 21.4. The second kappa shape index (κ2) is 23.5. The monoisotopic (exact) mass is 992 g/mol. The van der Waals surface area contributed by atoms with Crippen LogP contribution in [0.4, 0.5) is 21.0 Å². The topological polar surface area (TPSA) is 241 Å². The fraction of sp³-hybridized carbons (Fsp3) is 0.326. The van der Waals surface area contributed by atoms with E-state index in [0.29, 0.717) is 76.3 Å². The molecule has 3 aliphatic rings. The third kappa shape index (κ3) is 14.8. The van der Waals surface area contributed by atoms with E-state index in [1.807, 2.05) is 0 Å². The Labute approximate surface area is 403 Å². The molecule has 2 unspecified atom stereocenters. The largest absolute Gasteiger partial charge is 0.466 e. The molecule has 22 heteroatoms. The SMILES string of the molecule is CCOC(=O)CCN1CCN(CC2CN(c3ccc(C(=N)NC(=O)c4cccc(Cl)c4)cc3)C(=O)O2)CC1.CS(=O)(=O)OCC1CN(c2ccc(C(=N)NC(=O)c3cccc(Cl)c3)cc2)C(=O)O1. The van der Waals surface area contributed by atoms with Gasteiger partial charge in [-0.15, -0.1) is 0 Å². The van der Waals surface area contributed by atoms with Crippen molar-refractivity contribution in [1.29, 1.82) is 10.8 Å². The molecule has 3 aliphatic heterocycles. The predicted octanol–water partition coefficient (Wildman–Crippen LogP) is 5.39. The molecule has 7 rings (SSSR count). The molecule has 19 nitrogen and oxygen atoms in total. The molecule has 4 aromatic carbocycles. The highest BCUT2D eigenvalue weighted by Crippen LogP contribution is 2.25. The molecule has 0 saturated carbocycles. The molecule has 4 amide bonds. The summed E-state index contributed by atoms with van der Waals surface area (Å²) in [6.45, 7) is 7.23. The Balaban J connectivity index is 0.000000230. The summed E-state index contributed by atoms with van der Waals surface area (Å²) in [6, 6.07) is 26.0. The molecule has 4 N–H and O–H groups in total. The molecular formula is C46H50Cl2N8O11S. The van der Waals surface area contributed by atoms with Crippen LogP contribution in [0.3, 0.4) is 0 Å². The first-order chi connectivity index (χ1) is 32.4. The van der Waals surface area contributed by atoms with Crippen molar-refractivity contribution >= 4 is 86.3 Å². The van der Waals surface area contributed by atoms with Crippen LogP contribution in [0.2, 0.25) is 10.0 Å². The van der Waals surface area contributed by atoms with Crippen molar-refractivity contribution in [3.8, 4) is 0 Å². The molecular weight excluding hydrogens is 944 g/mol. The highest BCUT2D eigenvalue weighted by molar-refractivity contribution is 7.86. The van der Waals surface area contributed by atoms with Crippen LogP contribution in [-0.2, 0) is 33.3 Å². The first kappa shape index (κ1) is 51.0. The summed E-state index contributed by atoms with van der Waals surface area (Å²) in [5.74, 6) is -1.23. The van der Waals surface area contributed by atoms with Crippen LogP contribution in [0, 0.1) is 10.8 Å². The van der Waals surface area contributed by atoms with E-state index in [-0.39, 0.29) is 36.9 Å². The van der Waals surface area contributed by atoms with E-state index in [2.05, 4.69) is 24.6 Å². The van der Waals surface area contributed by atoms with Gasteiger partial charge in [0.25, 0.3) is 21.9 Å². The Morgan fingerprint density at radius 1 is 0.691 bits per heavy atom. The standard InChI is InChI=1S/C27H32ClN5O5.C19H18ClN3O6S/c1-2-37-24(34)10-11-31-12-14-32(15-13-31)17-23-18-33(27(36)38-23)22-8-6-19(7-9-22)25(29)30-26(35)20-4-3-5-21(28)16-20;1-30(26,27)28-11-16-10-23(19(25)29-16)15-7-5-12(6-8-15)17(21)22-18(24)13-3-2-4-14(20)9-13/h3-9,16,23H,2,10-15,17-18H2,1H3,(H2,29,30,35);2-9,16H,10-11H2,1H3,(H2,21,22,24). The summed E-state index contributed by atoms with van der Waals surface area (Å²) < 4.78 is 42.5. The molecule has 3 heterocycles. The van der Waals surface area contributed by atoms with E-state index in [9.17, 15) is 32.4 Å². The van der Waals surface area contributed by atoms with Gasteiger partial charge in [0.05, 0.1) is 32.4 Å². The van der Waals surface area contributed by atoms with Crippen molar-refractivity contribution in [3.63, 3.8) is 0 Å². The average molecular weight is 994 g/mol. The van der Waals surface area contributed by atoms with Crippen LogP contribution in [0.25, 0.3) is 0 Å². The average Bonchev–Trinajstić information content (AvgIpc) is 3.88. The van der Waals surface area contributed by atoms with Gasteiger partial charge in [0.15, 0.2) is 0 Å². The van der Waals surface area contributed by atoms with Crippen LogP contribution in [0.5, 0.6) is 0 Å². The van der Waals surface area contributed by atoms with Gasteiger partial charge in [-0.05, 0) is 91.9 Å². The van der Waals surface area contributed by atoms with Gasteiger partial charge in [-0.1, -0.05) is 35.3 Å². The maximum absolute atomic E-state index is 12.6. The smallest absolute Gasteiger partial charge is 0.414 e. The number of carbonyl (C=O) groups excluding carboxylic acids is 5. The van der Waals surface area contributed by atoms with Crippen molar-refractivity contribution in [2.75, 3.05) is 81.6 Å². The lowest BCUT2D eigenvalue weighted by Gasteiger charge is -2.35.